The second-order valence-electron chi connectivity index (χ2n) is 10.3. The van der Waals surface area contributed by atoms with Crippen LogP contribution in [0.15, 0.2) is 41.2 Å². The van der Waals surface area contributed by atoms with Gasteiger partial charge in [0.15, 0.2) is 0 Å². The quantitative estimate of drug-likeness (QED) is 0.479. The number of amides is 1. The summed E-state index contributed by atoms with van der Waals surface area (Å²) >= 11 is 0. The molecule has 2 aliphatic rings. The van der Waals surface area contributed by atoms with Crippen LogP contribution < -0.4 is 11.0 Å². The van der Waals surface area contributed by atoms with Gasteiger partial charge in [-0.15, -0.1) is 0 Å². The van der Waals surface area contributed by atoms with Crippen molar-refractivity contribution in [2.45, 2.75) is 58.9 Å². The Morgan fingerprint density at radius 1 is 1.22 bits per heavy atom. The van der Waals surface area contributed by atoms with Crippen molar-refractivity contribution in [3.63, 3.8) is 0 Å². The summed E-state index contributed by atoms with van der Waals surface area (Å²) in [6.07, 6.45) is 4.39. The molecule has 2 fully saturated rings. The number of aryl methyl sites for hydroxylation is 1. The Balaban J connectivity index is 1.35. The van der Waals surface area contributed by atoms with Gasteiger partial charge in [-0.1, -0.05) is 19.1 Å². The molecule has 2 aromatic carbocycles. The number of hydrogen-bond donors (Lipinski definition) is 2. The first-order chi connectivity index (χ1) is 17.3. The summed E-state index contributed by atoms with van der Waals surface area (Å²) < 4.78 is 16.7. The first-order valence-electron chi connectivity index (χ1n) is 13.0. The molecule has 1 amide bonds. The highest BCUT2D eigenvalue weighted by Crippen LogP contribution is 2.33. The Hall–Kier alpha value is -3.42. The number of carbonyl (C=O) groups is 1. The zero-order valence-corrected chi connectivity index (χ0v) is 21.2. The number of rotatable bonds is 8. The Kier molecular flexibility index (Phi) is 6.69. The van der Waals surface area contributed by atoms with Crippen LogP contribution in [0.3, 0.4) is 0 Å². The van der Waals surface area contributed by atoms with Crippen molar-refractivity contribution in [3.8, 4) is 16.8 Å². The van der Waals surface area contributed by atoms with Crippen LogP contribution in [0.4, 0.5) is 10.1 Å². The number of aromatic amines is 1. The van der Waals surface area contributed by atoms with Crippen molar-refractivity contribution >= 4 is 11.6 Å². The minimum absolute atomic E-state index is 0.184. The number of aromatic nitrogens is 3. The number of likely N-dealkylation sites (tertiary alicyclic amines) is 1. The van der Waals surface area contributed by atoms with E-state index in [0.29, 0.717) is 24.8 Å². The molecular weight excluding hydrogens is 457 g/mol. The Morgan fingerprint density at radius 2 is 2.03 bits per heavy atom. The molecule has 5 rings (SSSR count). The molecule has 36 heavy (non-hydrogen) atoms. The number of halogens is 1. The molecule has 0 radical (unpaired) electrons. The maximum absolute atomic E-state index is 15.4. The molecule has 1 unspecified atom stereocenters. The summed E-state index contributed by atoms with van der Waals surface area (Å²) in [5.74, 6) is 0.673. The molecule has 190 valence electrons. The summed E-state index contributed by atoms with van der Waals surface area (Å²) in [5, 5.41) is 10.1. The fraction of sp³-hybridized carbons (Fsp3) is 0.464. The zero-order chi connectivity index (χ0) is 25.4. The second-order valence-corrected chi connectivity index (χ2v) is 10.3. The van der Waals surface area contributed by atoms with Gasteiger partial charge >= 0.3 is 5.69 Å². The summed E-state index contributed by atoms with van der Waals surface area (Å²) in [4.78, 5) is 26.9. The number of hydrogen-bond acceptors (Lipinski definition) is 4. The molecule has 2 heterocycles. The fourth-order valence-corrected chi connectivity index (χ4v) is 5.08. The Labute approximate surface area is 210 Å². The SMILES string of the molecule is CCC(C)Nc1ccc(-c2ccc(-n3c(C[C@@H]4CCN(C(=O)C5CC5)C4)n[nH]c3=O)c(F)c2)c(C)c1. The van der Waals surface area contributed by atoms with E-state index in [2.05, 4.69) is 35.4 Å². The van der Waals surface area contributed by atoms with Crippen molar-refractivity contribution in [1.29, 1.82) is 0 Å². The average molecular weight is 492 g/mol. The van der Waals surface area contributed by atoms with Crippen LogP contribution in [0, 0.1) is 24.6 Å². The van der Waals surface area contributed by atoms with Gasteiger partial charge < -0.3 is 10.2 Å². The van der Waals surface area contributed by atoms with Gasteiger partial charge in [-0.05, 0) is 86.4 Å². The van der Waals surface area contributed by atoms with E-state index < -0.39 is 11.5 Å². The Bertz CT molecular complexity index is 1330. The maximum Gasteiger partial charge on any atom is 0.348 e. The number of nitrogens with zero attached hydrogens (tertiary/aromatic N) is 3. The lowest BCUT2D eigenvalue weighted by molar-refractivity contribution is -0.131. The van der Waals surface area contributed by atoms with Crippen LogP contribution in [-0.2, 0) is 11.2 Å². The zero-order valence-electron chi connectivity index (χ0n) is 21.2. The number of anilines is 1. The molecule has 1 saturated carbocycles. The van der Waals surface area contributed by atoms with Crippen molar-refractivity contribution in [3.05, 3.63) is 64.1 Å². The number of H-pyrrole nitrogens is 1. The van der Waals surface area contributed by atoms with E-state index in [1.807, 2.05) is 30.0 Å². The topological polar surface area (TPSA) is 83.0 Å². The molecule has 7 nitrogen and oxygen atoms in total. The van der Waals surface area contributed by atoms with Crippen LogP contribution in [0.1, 0.15) is 50.9 Å². The van der Waals surface area contributed by atoms with E-state index in [-0.39, 0.29) is 23.4 Å². The molecule has 1 saturated heterocycles. The summed E-state index contributed by atoms with van der Waals surface area (Å²) in [6.45, 7) is 7.69. The molecule has 1 aliphatic heterocycles. The lowest BCUT2D eigenvalue weighted by Gasteiger charge is -2.16. The van der Waals surface area contributed by atoms with Crippen LogP contribution in [0.25, 0.3) is 16.8 Å². The lowest BCUT2D eigenvalue weighted by Crippen LogP contribution is -2.30. The molecular formula is C28H34FN5O2. The molecule has 0 spiro atoms. The number of nitrogens with one attached hydrogen (secondary N) is 2. The molecule has 1 aliphatic carbocycles. The first-order valence-corrected chi connectivity index (χ1v) is 13.0. The van der Waals surface area contributed by atoms with Gasteiger partial charge in [0.05, 0.1) is 5.69 Å². The van der Waals surface area contributed by atoms with Crippen molar-refractivity contribution in [1.82, 2.24) is 19.7 Å². The van der Waals surface area contributed by atoms with Gasteiger partial charge in [-0.2, -0.15) is 5.10 Å². The Morgan fingerprint density at radius 3 is 2.72 bits per heavy atom. The number of benzene rings is 2. The third-order valence-electron chi connectivity index (χ3n) is 7.49. The van der Waals surface area contributed by atoms with E-state index in [0.717, 1.165) is 54.6 Å². The summed E-state index contributed by atoms with van der Waals surface area (Å²) in [7, 11) is 0. The summed E-state index contributed by atoms with van der Waals surface area (Å²) in [6, 6.07) is 11.4. The number of carbonyl (C=O) groups excluding carboxylic acids is 1. The van der Waals surface area contributed by atoms with Gasteiger partial charge in [0, 0.05) is 37.2 Å². The average Bonchev–Trinajstić information content (AvgIpc) is 3.51. The maximum atomic E-state index is 15.4. The van der Waals surface area contributed by atoms with E-state index in [4.69, 9.17) is 0 Å². The van der Waals surface area contributed by atoms with Crippen molar-refractivity contribution in [2.24, 2.45) is 11.8 Å². The normalized spacial score (nSPS) is 18.4. The molecule has 1 aromatic heterocycles. The molecule has 2 N–H and O–H groups in total. The van der Waals surface area contributed by atoms with Crippen LogP contribution in [-0.4, -0.2) is 44.7 Å². The third-order valence-corrected chi connectivity index (χ3v) is 7.49. The monoisotopic (exact) mass is 491 g/mol. The van der Waals surface area contributed by atoms with E-state index >= 15 is 4.39 Å². The van der Waals surface area contributed by atoms with Crippen LogP contribution >= 0.6 is 0 Å². The molecule has 3 aromatic rings. The highest BCUT2D eigenvalue weighted by atomic mass is 19.1. The van der Waals surface area contributed by atoms with Gasteiger partial charge in [-0.3, -0.25) is 4.79 Å². The van der Waals surface area contributed by atoms with Gasteiger partial charge in [-0.25, -0.2) is 18.9 Å². The minimum Gasteiger partial charge on any atom is -0.383 e. The van der Waals surface area contributed by atoms with Crippen LogP contribution in [0.2, 0.25) is 0 Å². The van der Waals surface area contributed by atoms with Crippen LogP contribution in [0.5, 0.6) is 0 Å². The highest BCUT2D eigenvalue weighted by molar-refractivity contribution is 5.81. The first kappa shape index (κ1) is 24.3. The van der Waals surface area contributed by atoms with E-state index in [9.17, 15) is 9.59 Å². The summed E-state index contributed by atoms with van der Waals surface area (Å²) in [5.41, 5.74) is 3.51. The fourth-order valence-electron chi connectivity index (χ4n) is 5.08. The van der Waals surface area contributed by atoms with E-state index in [1.165, 1.54) is 10.6 Å². The molecule has 0 bridgehead atoms. The third kappa shape index (κ3) is 4.94. The molecule has 2 atom stereocenters. The molecule has 8 heteroatoms. The smallest absolute Gasteiger partial charge is 0.348 e. The predicted octanol–water partition coefficient (Wildman–Crippen LogP) is 4.69. The standard InChI is InChI=1S/C28H34FN5O2/c1-4-18(3)30-22-8-9-23(17(2)13-22)21-7-10-25(24(29)15-21)34-26(31-32-28(34)36)14-19-11-12-33(16-19)27(35)20-5-6-20/h7-10,13,15,18-20,30H,4-6,11-12,14,16H2,1-3H3,(H,32,36)/t18?,19-/m0/s1. The largest absolute Gasteiger partial charge is 0.383 e. The minimum atomic E-state index is -0.476. The van der Waals surface area contributed by atoms with E-state index in [1.54, 1.807) is 6.07 Å². The van der Waals surface area contributed by atoms with Gasteiger partial charge in [0.25, 0.3) is 0 Å². The van der Waals surface area contributed by atoms with Crippen molar-refractivity contribution < 1.29 is 9.18 Å². The second kappa shape index (κ2) is 9.91. The van der Waals surface area contributed by atoms with Gasteiger partial charge in [0.1, 0.15) is 11.6 Å². The lowest BCUT2D eigenvalue weighted by atomic mass is 9.99. The highest BCUT2D eigenvalue weighted by Gasteiger charge is 2.37. The predicted molar refractivity (Wildman–Crippen MR) is 139 cm³/mol. The van der Waals surface area contributed by atoms with Gasteiger partial charge in [0.2, 0.25) is 5.91 Å². The van der Waals surface area contributed by atoms with Crippen molar-refractivity contribution in [2.75, 3.05) is 18.4 Å².